The second kappa shape index (κ2) is 8.34. The van der Waals surface area contributed by atoms with E-state index in [4.69, 9.17) is 23.2 Å². The Bertz CT molecular complexity index is 1440. The number of anilines is 1. The highest BCUT2D eigenvalue weighted by atomic mass is 35.5. The number of benzene rings is 1. The van der Waals surface area contributed by atoms with Crippen LogP contribution in [-0.2, 0) is 6.54 Å². The molecule has 1 aromatic carbocycles. The van der Waals surface area contributed by atoms with E-state index in [-0.39, 0.29) is 11.9 Å². The summed E-state index contributed by atoms with van der Waals surface area (Å²) in [6, 6.07) is 10.8. The Morgan fingerprint density at radius 3 is 2.78 bits per heavy atom. The molecule has 0 atom stereocenters. The zero-order valence-electron chi connectivity index (χ0n) is 16.6. The molecule has 0 fully saturated rings. The fraction of sp³-hybridized carbons (Fsp3) is 0.0952. The summed E-state index contributed by atoms with van der Waals surface area (Å²) in [7, 11) is 0. The van der Waals surface area contributed by atoms with Crippen molar-refractivity contribution in [2.75, 3.05) is 5.32 Å². The molecular weight excluding hydrogens is 469 g/mol. The van der Waals surface area contributed by atoms with E-state index in [0.717, 1.165) is 27.0 Å². The second-order valence-corrected chi connectivity index (χ2v) is 8.88. The minimum atomic E-state index is -0.290. The van der Waals surface area contributed by atoms with E-state index < -0.39 is 0 Å². The lowest BCUT2D eigenvalue weighted by Gasteiger charge is -2.05. The normalized spacial score (nSPS) is 11.2. The molecule has 0 unspecified atom stereocenters. The van der Waals surface area contributed by atoms with Gasteiger partial charge in [0.1, 0.15) is 4.83 Å². The van der Waals surface area contributed by atoms with Crippen molar-refractivity contribution in [3.8, 4) is 11.4 Å². The Morgan fingerprint density at radius 1 is 1.19 bits per heavy atom. The molecule has 0 spiro atoms. The number of fused-ring (bicyclic) bond motifs is 1. The summed E-state index contributed by atoms with van der Waals surface area (Å²) in [6.45, 7) is 2.38. The number of aryl methyl sites for hydroxylation is 1. The maximum absolute atomic E-state index is 12.8. The number of hydrogen-bond acceptors (Lipinski definition) is 6. The third kappa shape index (κ3) is 3.97. The van der Waals surface area contributed by atoms with Crippen molar-refractivity contribution in [1.29, 1.82) is 0 Å². The van der Waals surface area contributed by atoms with Crippen LogP contribution in [0.1, 0.15) is 20.9 Å². The van der Waals surface area contributed by atoms with Crippen molar-refractivity contribution in [2.45, 2.75) is 13.5 Å². The molecule has 4 aromatic heterocycles. The summed E-state index contributed by atoms with van der Waals surface area (Å²) in [5.41, 5.74) is 2.55. The van der Waals surface area contributed by atoms with Crippen molar-refractivity contribution in [3.05, 3.63) is 75.0 Å². The maximum Gasteiger partial charge on any atom is 0.268 e. The molecule has 32 heavy (non-hydrogen) atoms. The molecule has 0 saturated heterocycles. The van der Waals surface area contributed by atoms with Crippen LogP contribution in [0.25, 0.3) is 21.6 Å². The minimum absolute atomic E-state index is 0.200. The van der Waals surface area contributed by atoms with Crippen LogP contribution in [0.5, 0.6) is 0 Å². The molecule has 0 aliphatic heterocycles. The first-order valence-electron chi connectivity index (χ1n) is 9.53. The first-order chi connectivity index (χ1) is 15.5. The van der Waals surface area contributed by atoms with E-state index in [9.17, 15) is 4.79 Å². The van der Waals surface area contributed by atoms with Crippen LogP contribution in [0, 0.1) is 6.92 Å². The largest absolute Gasteiger partial charge is 0.288 e. The van der Waals surface area contributed by atoms with Crippen molar-refractivity contribution < 1.29 is 4.79 Å². The standard InChI is InChI=1S/C21H15Cl2N7OS/c1-11-15-9-17(19(31)26-21-25-18(27-28-21)12-4-6-24-7-5-12)32-20(15)30(29-11)10-13-2-3-14(22)8-16(13)23/h2-9H,10H2,1H3,(H2,25,26,27,28,31). The molecule has 1 amide bonds. The van der Waals surface area contributed by atoms with E-state index in [0.29, 0.717) is 27.3 Å². The summed E-state index contributed by atoms with van der Waals surface area (Å²) in [5.74, 6) is 0.456. The number of H-pyrrole nitrogens is 1. The number of pyridine rings is 1. The molecule has 0 aliphatic carbocycles. The zero-order valence-corrected chi connectivity index (χ0v) is 19.0. The van der Waals surface area contributed by atoms with Gasteiger partial charge in [0.25, 0.3) is 5.91 Å². The highest BCUT2D eigenvalue weighted by molar-refractivity contribution is 7.20. The quantitative estimate of drug-likeness (QED) is 0.357. The number of carbonyl (C=O) groups is 1. The number of amides is 1. The Kier molecular flexibility index (Phi) is 5.38. The smallest absolute Gasteiger partial charge is 0.268 e. The first-order valence-corrected chi connectivity index (χ1v) is 11.1. The zero-order chi connectivity index (χ0) is 22.2. The molecule has 0 saturated carbocycles. The van der Waals surface area contributed by atoms with Crippen LogP contribution in [0.2, 0.25) is 10.0 Å². The van der Waals surface area contributed by atoms with Gasteiger partial charge in [-0.1, -0.05) is 29.3 Å². The summed E-state index contributed by atoms with van der Waals surface area (Å²) in [6.07, 6.45) is 3.33. The number of hydrogen-bond donors (Lipinski definition) is 2. The van der Waals surface area contributed by atoms with Crippen molar-refractivity contribution in [2.24, 2.45) is 0 Å². The lowest BCUT2D eigenvalue weighted by atomic mass is 10.2. The topological polar surface area (TPSA) is 101 Å². The van der Waals surface area contributed by atoms with Crippen molar-refractivity contribution in [3.63, 3.8) is 0 Å². The minimum Gasteiger partial charge on any atom is -0.288 e. The van der Waals surface area contributed by atoms with Gasteiger partial charge in [-0.15, -0.1) is 16.4 Å². The summed E-state index contributed by atoms with van der Waals surface area (Å²) in [5, 5.41) is 16.3. The number of halogens is 2. The fourth-order valence-electron chi connectivity index (χ4n) is 3.26. The van der Waals surface area contributed by atoms with Gasteiger partial charge in [-0.25, -0.2) is 0 Å². The molecule has 0 aliphatic rings. The summed E-state index contributed by atoms with van der Waals surface area (Å²) in [4.78, 5) is 22.6. The van der Waals surface area contributed by atoms with Crippen molar-refractivity contribution in [1.82, 2.24) is 29.9 Å². The second-order valence-electron chi connectivity index (χ2n) is 7.01. The van der Waals surface area contributed by atoms with Gasteiger partial charge in [-0.3, -0.25) is 24.9 Å². The molecule has 4 heterocycles. The maximum atomic E-state index is 12.8. The van der Waals surface area contributed by atoms with Gasteiger partial charge in [0.05, 0.1) is 17.1 Å². The van der Waals surface area contributed by atoms with Crippen LogP contribution in [0.4, 0.5) is 5.95 Å². The molecule has 160 valence electrons. The van der Waals surface area contributed by atoms with Crippen LogP contribution in [-0.4, -0.2) is 35.9 Å². The molecule has 8 nitrogen and oxygen atoms in total. The van der Waals surface area contributed by atoms with Crippen LogP contribution in [0.3, 0.4) is 0 Å². The van der Waals surface area contributed by atoms with E-state index in [1.54, 1.807) is 36.7 Å². The Morgan fingerprint density at radius 2 is 2.00 bits per heavy atom. The van der Waals surface area contributed by atoms with Gasteiger partial charge in [0, 0.05) is 33.4 Å². The number of aromatic nitrogens is 6. The third-order valence-electron chi connectivity index (χ3n) is 4.83. The lowest BCUT2D eigenvalue weighted by Crippen LogP contribution is -2.11. The van der Waals surface area contributed by atoms with Gasteiger partial charge in [0.2, 0.25) is 5.95 Å². The number of nitrogens with one attached hydrogen (secondary N) is 2. The predicted molar refractivity (Wildman–Crippen MR) is 125 cm³/mol. The molecule has 5 aromatic rings. The number of rotatable bonds is 5. The van der Waals surface area contributed by atoms with Gasteiger partial charge in [-0.2, -0.15) is 10.1 Å². The molecule has 5 rings (SSSR count). The Balaban J connectivity index is 1.38. The number of thiophene rings is 1. The van der Waals surface area contributed by atoms with Crippen molar-refractivity contribution >= 4 is 56.6 Å². The van der Waals surface area contributed by atoms with E-state index >= 15 is 0 Å². The van der Waals surface area contributed by atoms with Gasteiger partial charge >= 0.3 is 0 Å². The van der Waals surface area contributed by atoms with Crippen LogP contribution < -0.4 is 5.32 Å². The SMILES string of the molecule is Cc1nn(Cc2ccc(Cl)cc2Cl)c2sc(C(=O)Nc3n[nH]c(-c4ccncc4)n3)cc12. The van der Waals surface area contributed by atoms with Crippen LogP contribution >= 0.6 is 34.5 Å². The summed E-state index contributed by atoms with van der Waals surface area (Å²) < 4.78 is 1.84. The first kappa shape index (κ1) is 20.6. The third-order valence-corrected chi connectivity index (χ3v) is 6.57. The predicted octanol–water partition coefficient (Wildman–Crippen LogP) is 5.19. The molecular formula is C21H15Cl2N7OS. The van der Waals surface area contributed by atoms with Gasteiger partial charge in [0.15, 0.2) is 5.82 Å². The Labute approximate surface area is 196 Å². The van der Waals surface area contributed by atoms with Crippen LogP contribution in [0.15, 0.2) is 48.8 Å². The highest BCUT2D eigenvalue weighted by Gasteiger charge is 2.18. The highest BCUT2D eigenvalue weighted by Crippen LogP contribution is 2.30. The van der Waals surface area contributed by atoms with Gasteiger partial charge < -0.3 is 0 Å². The fourth-order valence-corrected chi connectivity index (χ4v) is 4.79. The average molecular weight is 484 g/mol. The van der Waals surface area contributed by atoms with E-state index in [1.165, 1.54) is 11.3 Å². The molecule has 0 bridgehead atoms. The van der Waals surface area contributed by atoms with E-state index in [2.05, 4.69) is 30.6 Å². The van der Waals surface area contributed by atoms with Gasteiger partial charge in [-0.05, 0) is 42.8 Å². The molecule has 0 radical (unpaired) electrons. The lowest BCUT2D eigenvalue weighted by molar-refractivity contribution is 0.103. The number of carbonyl (C=O) groups excluding carboxylic acids is 1. The average Bonchev–Trinajstić information content (AvgIpc) is 3.48. The monoisotopic (exact) mass is 483 g/mol. The molecule has 2 N–H and O–H groups in total. The summed E-state index contributed by atoms with van der Waals surface area (Å²) >= 11 is 13.7. The Hall–Kier alpha value is -3.27. The number of nitrogens with zero attached hydrogens (tertiary/aromatic N) is 5. The molecule has 11 heteroatoms. The number of aromatic amines is 1. The van der Waals surface area contributed by atoms with E-state index in [1.807, 2.05) is 23.7 Å².